The van der Waals surface area contributed by atoms with E-state index >= 15 is 0 Å². The Labute approximate surface area is 129 Å². The zero-order chi connectivity index (χ0) is 15.6. The van der Waals surface area contributed by atoms with Crippen molar-refractivity contribution in [1.29, 1.82) is 0 Å². The van der Waals surface area contributed by atoms with Gasteiger partial charge in [-0.15, -0.1) is 0 Å². The highest BCUT2D eigenvalue weighted by Crippen LogP contribution is 2.23. The van der Waals surface area contributed by atoms with E-state index in [1.807, 2.05) is 0 Å². The molecule has 21 heavy (non-hydrogen) atoms. The van der Waals surface area contributed by atoms with Crippen LogP contribution in [0.5, 0.6) is 0 Å². The normalized spacial score (nSPS) is 10.2. The summed E-state index contributed by atoms with van der Waals surface area (Å²) in [5.74, 6) is -1.39. The van der Waals surface area contributed by atoms with Gasteiger partial charge in [0.2, 0.25) is 0 Å². The van der Waals surface area contributed by atoms with Crippen molar-refractivity contribution in [1.82, 2.24) is 0 Å². The van der Waals surface area contributed by atoms with Crippen LogP contribution >= 0.6 is 15.9 Å². The molecule has 0 unspecified atom stereocenters. The third kappa shape index (κ3) is 3.22. The van der Waals surface area contributed by atoms with Crippen LogP contribution in [0.1, 0.15) is 26.3 Å². The molecule has 0 aromatic heterocycles. The Morgan fingerprint density at radius 2 is 1.90 bits per heavy atom. The minimum atomic E-state index is -1.03. The fourth-order valence-corrected chi connectivity index (χ4v) is 2.34. The van der Waals surface area contributed by atoms with Gasteiger partial charge in [-0.25, -0.2) is 4.79 Å². The van der Waals surface area contributed by atoms with Crippen LogP contribution in [0, 0.1) is 6.92 Å². The van der Waals surface area contributed by atoms with Gasteiger partial charge in [0.15, 0.2) is 0 Å². The zero-order valence-corrected chi connectivity index (χ0v) is 12.8. The number of carboxylic acids is 1. The second kappa shape index (κ2) is 5.97. The van der Waals surface area contributed by atoms with Crippen LogP contribution < -0.4 is 11.1 Å². The van der Waals surface area contributed by atoms with E-state index in [0.29, 0.717) is 27.0 Å². The highest BCUT2D eigenvalue weighted by atomic mass is 79.9. The molecule has 0 aliphatic heterocycles. The van der Waals surface area contributed by atoms with Gasteiger partial charge in [0.05, 0.1) is 11.1 Å². The number of hydrogen-bond acceptors (Lipinski definition) is 3. The summed E-state index contributed by atoms with van der Waals surface area (Å²) in [5.41, 5.74) is 7.63. The van der Waals surface area contributed by atoms with Crippen LogP contribution in [0.3, 0.4) is 0 Å². The lowest BCUT2D eigenvalue weighted by Gasteiger charge is -2.11. The van der Waals surface area contributed by atoms with Crippen LogP contribution in [-0.2, 0) is 0 Å². The summed E-state index contributed by atoms with van der Waals surface area (Å²) in [7, 11) is 0. The lowest BCUT2D eigenvalue weighted by Crippen LogP contribution is -2.15. The average molecular weight is 349 g/mol. The van der Waals surface area contributed by atoms with E-state index in [2.05, 4.69) is 21.2 Å². The number of hydrogen-bond donors (Lipinski definition) is 3. The fraction of sp³-hybridized carbons (Fsp3) is 0.0667. The lowest BCUT2D eigenvalue weighted by atomic mass is 10.1. The molecule has 0 aliphatic carbocycles. The maximum Gasteiger partial charge on any atom is 0.336 e. The summed E-state index contributed by atoms with van der Waals surface area (Å²) in [5, 5.41) is 11.8. The van der Waals surface area contributed by atoms with Crippen LogP contribution in [-0.4, -0.2) is 17.0 Å². The molecule has 0 radical (unpaired) electrons. The number of anilines is 2. The third-order valence-electron chi connectivity index (χ3n) is 3.05. The van der Waals surface area contributed by atoms with Crippen LogP contribution in [0.4, 0.5) is 11.4 Å². The predicted octanol–water partition coefficient (Wildman–Crippen LogP) is 3.29. The number of rotatable bonds is 3. The van der Waals surface area contributed by atoms with Gasteiger partial charge >= 0.3 is 5.97 Å². The van der Waals surface area contributed by atoms with E-state index in [4.69, 9.17) is 10.8 Å². The topological polar surface area (TPSA) is 92.4 Å². The van der Waals surface area contributed by atoms with Crippen LogP contribution in [0.15, 0.2) is 40.9 Å². The molecule has 0 atom stereocenters. The Kier molecular flexibility index (Phi) is 4.28. The van der Waals surface area contributed by atoms with Crippen LogP contribution in [0.2, 0.25) is 0 Å². The summed E-state index contributed by atoms with van der Waals surface area (Å²) in [6.07, 6.45) is 0. The Morgan fingerprint density at radius 1 is 1.19 bits per heavy atom. The molecule has 5 nitrogen and oxygen atoms in total. The van der Waals surface area contributed by atoms with Gasteiger partial charge in [-0.2, -0.15) is 0 Å². The minimum Gasteiger partial charge on any atom is -0.478 e. The number of nitrogens with two attached hydrogens (primary N) is 1. The molecule has 0 bridgehead atoms. The summed E-state index contributed by atoms with van der Waals surface area (Å²) in [4.78, 5) is 23.4. The number of carbonyl (C=O) groups is 2. The monoisotopic (exact) mass is 348 g/mol. The second-order valence-corrected chi connectivity index (χ2v) is 5.33. The largest absolute Gasteiger partial charge is 0.478 e. The molecule has 2 aromatic rings. The number of amides is 1. The second-order valence-electron chi connectivity index (χ2n) is 4.48. The molecular weight excluding hydrogens is 336 g/mol. The van der Waals surface area contributed by atoms with Crippen molar-refractivity contribution < 1.29 is 14.7 Å². The van der Waals surface area contributed by atoms with Gasteiger partial charge in [-0.3, -0.25) is 4.79 Å². The molecule has 2 aromatic carbocycles. The molecule has 6 heteroatoms. The number of nitrogens with one attached hydrogen (secondary N) is 1. The molecule has 0 saturated carbocycles. The van der Waals surface area contributed by atoms with Crippen molar-refractivity contribution in [3.05, 3.63) is 57.6 Å². The zero-order valence-electron chi connectivity index (χ0n) is 11.2. The summed E-state index contributed by atoms with van der Waals surface area (Å²) >= 11 is 3.29. The van der Waals surface area contributed by atoms with E-state index < -0.39 is 5.97 Å². The molecule has 2 rings (SSSR count). The number of nitrogen functional groups attached to an aromatic ring is 1. The minimum absolute atomic E-state index is 0.152. The van der Waals surface area contributed by atoms with Gasteiger partial charge in [0.1, 0.15) is 0 Å². The molecule has 0 saturated heterocycles. The number of benzene rings is 2. The van der Waals surface area contributed by atoms with Gasteiger partial charge in [0, 0.05) is 15.8 Å². The number of halogens is 1. The third-order valence-corrected chi connectivity index (χ3v) is 3.74. The smallest absolute Gasteiger partial charge is 0.336 e. The average Bonchev–Trinajstić information content (AvgIpc) is 2.43. The van der Waals surface area contributed by atoms with E-state index in [0.717, 1.165) is 0 Å². The molecule has 0 heterocycles. The predicted molar refractivity (Wildman–Crippen MR) is 84.6 cm³/mol. The first kappa shape index (κ1) is 15.1. The Bertz CT molecular complexity index is 729. The van der Waals surface area contributed by atoms with Gasteiger partial charge in [-0.1, -0.05) is 6.07 Å². The number of carbonyl (C=O) groups excluding carboxylic acids is 1. The quantitative estimate of drug-likeness (QED) is 0.742. The van der Waals surface area contributed by atoms with E-state index in [9.17, 15) is 9.59 Å². The molecule has 0 fully saturated rings. The van der Waals surface area contributed by atoms with Gasteiger partial charge in [-0.05, 0) is 58.7 Å². The first-order valence-electron chi connectivity index (χ1n) is 6.09. The molecule has 1 amide bonds. The SMILES string of the molecule is Cc1c(NC(=O)c2cc(N)ccc2Br)cccc1C(=O)O. The Balaban J connectivity index is 2.34. The highest BCUT2D eigenvalue weighted by molar-refractivity contribution is 9.10. The first-order valence-corrected chi connectivity index (χ1v) is 6.88. The van der Waals surface area contributed by atoms with E-state index in [-0.39, 0.29) is 11.5 Å². The maximum absolute atomic E-state index is 12.3. The van der Waals surface area contributed by atoms with Crippen LogP contribution in [0.25, 0.3) is 0 Å². The molecule has 0 aliphatic rings. The van der Waals surface area contributed by atoms with Crippen molar-refractivity contribution in [3.63, 3.8) is 0 Å². The van der Waals surface area contributed by atoms with Crippen molar-refractivity contribution in [2.45, 2.75) is 6.92 Å². The van der Waals surface area contributed by atoms with E-state index in [1.165, 1.54) is 6.07 Å². The highest BCUT2D eigenvalue weighted by Gasteiger charge is 2.15. The Hall–Kier alpha value is -2.34. The number of aromatic carboxylic acids is 1. The Morgan fingerprint density at radius 3 is 2.57 bits per heavy atom. The summed E-state index contributed by atoms with van der Waals surface area (Å²) in [6, 6.07) is 9.64. The fourth-order valence-electron chi connectivity index (χ4n) is 1.91. The maximum atomic E-state index is 12.3. The summed E-state index contributed by atoms with van der Waals surface area (Å²) < 4.78 is 0.612. The lowest BCUT2D eigenvalue weighted by molar-refractivity contribution is 0.0695. The van der Waals surface area contributed by atoms with Crippen molar-refractivity contribution >= 4 is 39.2 Å². The first-order chi connectivity index (χ1) is 9.90. The van der Waals surface area contributed by atoms with Gasteiger partial charge in [0.25, 0.3) is 5.91 Å². The molecular formula is C15H13BrN2O3. The summed E-state index contributed by atoms with van der Waals surface area (Å²) in [6.45, 7) is 1.65. The van der Waals surface area contributed by atoms with E-state index in [1.54, 1.807) is 37.3 Å². The number of carboxylic acid groups (broad SMARTS) is 1. The molecule has 108 valence electrons. The molecule has 4 N–H and O–H groups in total. The standard InChI is InChI=1S/C15H13BrN2O3/c1-8-10(15(20)21)3-2-4-13(8)18-14(19)11-7-9(17)5-6-12(11)16/h2-7H,17H2,1H3,(H,18,19)(H,20,21). The van der Waals surface area contributed by atoms with Crippen molar-refractivity contribution in [3.8, 4) is 0 Å². The van der Waals surface area contributed by atoms with Crippen molar-refractivity contribution in [2.24, 2.45) is 0 Å². The molecule has 0 spiro atoms. The van der Waals surface area contributed by atoms with Crippen molar-refractivity contribution in [2.75, 3.05) is 11.1 Å². The van der Waals surface area contributed by atoms with Gasteiger partial charge < -0.3 is 16.2 Å².